The highest BCUT2D eigenvalue weighted by Crippen LogP contribution is 2.33. The van der Waals surface area contributed by atoms with E-state index < -0.39 is 24.4 Å². The number of hydrogen-bond acceptors (Lipinski definition) is 1. The Morgan fingerprint density at radius 2 is 1.82 bits per heavy atom. The van der Waals surface area contributed by atoms with Gasteiger partial charge in [0.05, 0.1) is 6.10 Å². The zero-order valence-electron chi connectivity index (χ0n) is 6.80. The van der Waals surface area contributed by atoms with Crippen molar-refractivity contribution in [3.8, 4) is 0 Å². The Morgan fingerprint density at radius 1 is 1.27 bits per heavy atom. The van der Waals surface area contributed by atoms with Gasteiger partial charge in [0.2, 0.25) is 0 Å². The third kappa shape index (κ3) is 1.53. The van der Waals surface area contributed by atoms with Gasteiger partial charge in [-0.1, -0.05) is 13.8 Å². The van der Waals surface area contributed by atoms with Crippen LogP contribution >= 0.6 is 0 Å². The van der Waals surface area contributed by atoms with E-state index in [1.807, 2.05) is 0 Å². The Balaban J connectivity index is 2.63. The Bertz CT molecular complexity index is 126. The summed E-state index contributed by atoms with van der Waals surface area (Å²) in [4.78, 5) is 0. The average molecular weight is 164 g/mol. The summed E-state index contributed by atoms with van der Waals surface area (Å²) in [6.45, 7) is 3.18. The molecule has 0 spiro atoms. The normalized spacial score (nSPS) is 52.6. The number of alkyl halides is 2. The molecule has 1 nitrogen and oxygen atoms in total. The van der Waals surface area contributed by atoms with Crippen LogP contribution in [0.4, 0.5) is 8.78 Å². The molecule has 0 aromatic carbocycles. The second kappa shape index (κ2) is 3.05. The van der Waals surface area contributed by atoms with Crippen molar-refractivity contribution in [1.82, 2.24) is 0 Å². The van der Waals surface area contributed by atoms with Gasteiger partial charge in [-0.2, -0.15) is 0 Å². The van der Waals surface area contributed by atoms with Crippen molar-refractivity contribution in [2.45, 2.75) is 38.7 Å². The second-order valence-corrected chi connectivity index (χ2v) is 3.52. The SMILES string of the molecule is CC1CC(F)C(C)C(F)C1O. The molecule has 66 valence electrons. The van der Waals surface area contributed by atoms with E-state index in [0.29, 0.717) is 0 Å². The molecule has 3 heteroatoms. The van der Waals surface area contributed by atoms with Gasteiger partial charge >= 0.3 is 0 Å². The molecular weight excluding hydrogens is 150 g/mol. The van der Waals surface area contributed by atoms with Crippen LogP contribution in [-0.4, -0.2) is 23.6 Å². The lowest BCUT2D eigenvalue weighted by molar-refractivity contribution is -0.0558. The quantitative estimate of drug-likeness (QED) is 0.577. The molecule has 0 radical (unpaired) electrons. The molecule has 0 aliphatic heterocycles. The number of aliphatic hydroxyl groups is 1. The molecule has 1 rings (SSSR count). The number of halogens is 2. The molecule has 1 N–H and O–H groups in total. The van der Waals surface area contributed by atoms with Crippen LogP contribution in [0.5, 0.6) is 0 Å². The Labute approximate surface area is 65.4 Å². The van der Waals surface area contributed by atoms with Gasteiger partial charge in [0.15, 0.2) is 0 Å². The summed E-state index contributed by atoms with van der Waals surface area (Å²) < 4.78 is 25.9. The van der Waals surface area contributed by atoms with Gasteiger partial charge in [-0.05, 0) is 12.3 Å². The van der Waals surface area contributed by atoms with E-state index in [1.165, 1.54) is 6.92 Å². The average Bonchev–Trinajstić information content (AvgIpc) is 1.97. The maximum atomic E-state index is 13.0. The highest BCUT2D eigenvalue weighted by atomic mass is 19.1. The molecule has 11 heavy (non-hydrogen) atoms. The van der Waals surface area contributed by atoms with E-state index in [0.717, 1.165) is 0 Å². The van der Waals surface area contributed by atoms with Crippen LogP contribution in [0.2, 0.25) is 0 Å². The van der Waals surface area contributed by atoms with Crippen molar-refractivity contribution < 1.29 is 13.9 Å². The van der Waals surface area contributed by atoms with Crippen molar-refractivity contribution in [3.05, 3.63) is 0 Å². The van der Waals surface area contributed by atoms with E-state index in [9.17, 15) is 13.9 Å². The van der Waals surface area contributed by atoms with Crippen LogP contribution in [0.3, 0.4) is 0 Å². The topological polar surface area (TPSA) is 20.2 Å². The molecule has 0 bridgehead atoms. The lowest BCUT2D eigenvalue weighted by Gasteiger charge is -2.35. The largest absolute Gasteiger partial charge is 0.390 e. The zero-order chi connectivity index (χ0) is 8.59. The fourth-order valence-electron chi connectivity index (χ4n) is 1.53. The second-order valence-electron chi connectivity index (χ2n) is 3.52. The van der Waals surface area contributed by atoms with E-state index in [4.69, 9.17) is 0 Å². The van der Waals surface area contributed by atoms with Gasteiger partial charge < -0.3 is 5.11 Å². The van der Waals surface area contributed by atoms with E-state index in [2.05, 4.69) is 0 Å². The fourth-order valence-corrected chi connectivity index (χ4v) is 1.53. The van der Waals surface area contributed by atoms with Crippen LogP contribution in [0.25, 0.3) is 0 Å². The maximum Gasteiger partial charge on any atom is 0.131 e. The number of aliphatic hydroxyl groups excluding tert-OH is 1. The monoisotopic (exact) mass is 164 g/mol. The van der Waals surface area contributed by atoms with Crippen molar-refractivity contribution in [3.63, 3.8) is 0 Å². The van der Waals surface area contributed by atoms with E-state index >= 15 is 0 Å². The van der Waals surface area contributed by atoms with Crippen LogP contribution in [0, 0.1) is 11.8 Å². The third-order valence-corrected chi connectivity index (χ3v) is 2.58. The first-order chi connectivity index (χ1) is 5.04. The predicted octanol–water partition coefficient (Wildman–Crippen LogP) is 1.70. The number of rotatable bonds is 0. The van der Waals surface area contributed by atoms with Crippen molar-refractivity contribution in [1.29, 1.82) is 0 Å². The maximum absolute atomic E-state index is 13.0. The lowest BCUT2D eigenvalue weighted by Crippen LogP contribution is -2.44. The van der Waals surface area contributed by atoms with Gasteiger partial charge in [0.1, 0.15) is 12.3 Å². The number of hydrogen-bond donors (Lipinski definition) is 1. The summed E-state index contributed by atoms with van der Waals surface area (Å²) in [6.07, 6.45) is -3.18. The molecule has 5 unspecified atom stereocenters. The molecule has 1 fully saturated rings. The summed E-state index contributed by atoms with van der Waals surface area (Å²) in [5.41, 5.74) is 0. The summed E-state index contributed by atoms with van der Waals surface area (Å²) in [5.74, 6) is -0.905. The summed E-state index contributed by atoms with van der Waals surface area (Å²) >= 11 is 0. The molecular formula is C8H14F2O. The molecule has 0 aromatic heterocycles. The van der Waals surface area contributed by atoms with Crippen LogP contribution in [0.1, 0.15) is 20.3 Å². The van der Waals surface area contributed by atoms with E-state index in [1.54, 1.807) is 6.92 Å². The zero-order valence-corrected chi connectivity index (χ0v) is 6.80. The molecule has 1 saturated carbocycles. The van der Waals surface area contributed by atoms with Crippen LogP contribution in [-0.2, 0) is 0 Å². The van der Waals surface area contributed by atoms with Gasteiger partial charge in [0, 0.05) is 5.92 Å². The minimum atomic E-state index is -1.39. The summed E-state index contributed by atoms with van der Waals surface area (Å²) in [7, 11) is 0. The minimum absolute atomic E-state index is 0.254. The molecule has 5 atom stereocenters. The fraction of sp³-hybridized carbons (Fsp3) is 1.00. The molecule has 1 aliphatic carbocycles. The summed E-state index contributed by atoms with van der Waals surface area (Å²) in [6, 6.07) is 0. The molecule has 0 saturated heterocycles. The van der Waals surface area contributed by atoms with Crippen molar-refractivity contribution >= 4 is 0 Å². The summed E-state index contributed by atoms with van der Waals surface area (Å²) in [5, 5.41) is 9.19. The first kappa shape index (κ1) is 8.91. The molecule has 0 heterocycles. The first-order valence-electron chi connectivity index (χ1n) is 4.00. The Kier molecular flexibility index (Phi) is 2.47. The van der Waals surface area contributed by atoms with Gasteiger partial charge in [0.25, 0.3) is 0 Å². The van der Waals surface area contributed by atoms with Crippen LogP contribution < -0.4 is 0 Å². The third-order valence-electron chi connectivity index (χ3n) is 2.58. The molecule has 0 amide bonds. The van der Waals surface area contributed by atoms with Gasteiger partial charge in [-0.25, -0.2) is 8.78 Å². The van der Waals surface area contributed by atoms with Gasteiger partial charge in [-0.15, -0.1) is 0 Å². The Morgan fingerprint density at radius 3 is 2.36 bits per heavy atom. The van der Waals surface area contributed by atoms with E-state index in [-0.39, 0.29) is 12.3 Å². The highest BCUT2D eigenvalue weighted by molar-refractivity contribution is 4.88. The highest BCUT2D eigenvalue weighted by Gasteiger charge is 2.40. The predicted molar refractivity (Wildman–Crippen MR) is 38.7 cm³/mol. The van der Waals surface area contributed by atoms with Crippen molar-refractivity contribution in [2.75, 3.05) is 0 Å². The van der Waals surface area contributed by atoms with Gasteiger partial charge in [-0.3, -0.25) is 0 Å². The lowest BCUT2D eigenvalue weighted by atomic mass is 9.79. The smallest absolute Gasteiger partial charge is 0.131 e. The first-order valence-corrected chi connectivity index (χ1v) is 4.00. The standard InChI is InChI=1S/C8H14F2O/c1-4-3-6(9)5(2)7(10)8(4)11/h4-8,11H,3H2,1-2H3. The molecule has 0 aromatic rings. The minimum Gasteiger partial charge on any atom is -0.390 e. The Hall–Kier alpha value is -0.180. The van der Waals surface area contributed by atoms with Crippen molar-refractivity contribution in [2.24, 2.45) is 11.8 Å². The van der Waals surface area contributed by atoms with Crippen LogP contribution in [0.15, 0.2) is 0 Å². The molecule has 1 aliphatic rings.